The van der Waals surface area contributed by atoms with Crippen molar-refractivity contribution in [3.8, 4) is 0 Å². The fourth-order valence-electron chi connectivity index (χ4n) is 1.39. The van der Waals surface area contributed by atoms with Crippen LogP contribution in [0.4, 0.5) is 5.69 Å². The maximum absolute atomic E-state index is 5.67. The number of hydrogen-bond acceptors (Lipinski definition) is 4. The summed E-state index contributed by atoms with van der Waals surface area (Å²) in [6.45, 7) is 4.35. The summed E-state index contributed by atoms with van der Waals surface area (Å²) in [5.74, 6) is 0.540. The van der Waals surface area contributed by atoms with Crippen molar-refractivity contribution in [3.63, 3.8) is 0 Å². The van der Waals surface area contributed by atoms with E-state index in [9.17, 15) is 0 Å². The van der Waals surface area contributed by atoms with Crippen molar-refractivity contribution in [1.29, 1.82) is 0 Å². The fourth-order valence-corrected chi connectivity index (χ4v) is 1.39. The summed E-state index contributed by atoms with van der Waals surface area (Å²) in [6, 6.07) is 5.63. The Balaban J connectivity index is 2.25. The predicted molar refractivity (Wildman–Crippen MR) is 58.4 cm³/mol. The van der Waals surface area contributed by atoms with Crippen molar-refractivity contribution in [2.24, 2.45) is 5.16 Å². The molecule has 0 aliphatic carbocycles. The second-order valence-corrected chi connectivity index (χ2v) is 3.76. The number of nitrogen functional groups attached to an aromatic ring is 1. The summed E-state index contributed by atoms with van der Waals surface area (Å²) in [6.07, 6.45) is 0.0546. The first-order chi connectivity index (χ1) is 7.16. The van der Waals surface area contributed by atoms with Gasteiger partial charge in [-0.3, -0.25) is 0 Å². The van der Waals surface area contributed by atoms with Gasteiger partial charge in [-0.05, 0) is 37.2 Å². The van der Waals surface area contributed by atoms with Gasteiger partial charge in [-0.15, -0.1) is 0 Å². The van der Waals surface area contributed by atoms with E-state index >= 15 is 0 Å². The van der Waals surface area contributed by atoms with E-state index in [0.29, 0.717) is 12.5 Å². The number of nitrogens with zero attached hydrogens (tertiary/aromatic N) is 1. The minimum absolute atomic E-state index is 0.0546. The van der Waals surface area contributed by atoms with E-state index in [-0.39, 0.29) is 6.10 Å². The van der Waals surface area contributed by atoms with E-state index in [2.05, 4.69) is 5.16 Å². The van der Waals surface area contributed by atoms with E-state index in [1.807, 2.05) is 32.0 Å². The molecule has 0 radical (unpaired) electrons. The van der Waals surface area contributed by atoms with Gasteiger partial charge in [0.1, 0.15) is 12.7 Å². The third-order valence-electron chi connectivity index (χ3n) is 2.07. The van der Waals surface area contributed by atoms with Crippen LogP contribution in [-0.2, 0) is 16.2 Å². The van der Waals surface area contributed by atoms with Crippen molar-refractivity contribution in [1.82, 2.24) is 0 Å². The smallest absolute Gasteiger partial charge is 0.258 e. The molecule has 2 rings (SSSR count). The standard InChI is InChI=1S/C11H14N2O2/c1-7(2)15-13-11-10-4-3-9(12)5-8(10)6-14-11/h3-5,7H,6,12H2,1-2H3/b13-11-. The largest absolute Gasteiger partial charge is 0.470 e. The minimum Gasteiger partial charge on any atom is -0.470 e. The number of anilines is 1. The molecule has 0 fully saturated rings. The molecule has 0 spiro atoms. The van der Waals surface area contributed by atoms with Gasteiger partial charge in [0, 0.05) is 16.8 Å². The van der Waals surface area contributed by atoms with Crippen LogP contribution in [-0.4, -0.2) is 12.0 Å². The zero-order valence-electron chi connectivity index (χ0n) is 8.86. The Kier molecular flexibility index (Phi) is 2.49. The first kappa shape index (κ1) is 9.83. The molecule has 4 nitrogen and oxygen atoms in total. The van der Waals surface area contributed by atoms with Crippen molar-refractivity contribution >= 4 is 11.6 Å². The Hall–Kier alpha value is -1.71. The van der Waals surface area contributed by atoms with Gasteiger partial charge in [0.15, 0.2) is 0 Å². The predicted octanol–water partition coefficient (Wildman–Crippen LogP) is 1.89. The zero-order valence-corrected chi connectivity index (χ0v) is 8.86. The van der Waals surface area contributed by atoms with Crippen LogP contribution >= 0.6 is 0 Å². The highest BCUT2D eigenvalue weighted by Gasteiger charge is 2.19. The molecule has 0 saturated carbocycles. The van der Waals surface area contributed by atoms with Crippen molar-refractivity contribution in [2.45, 2.75) is 26.6 Å². The van der Waals surface area contributed by atoms with Crippen LogP contribution < -0.4 is 5.73 Å². The van der Waals surface area contributed by atoms with Gasteiger partial charge < -0.3 is 15.3 Å². The van der Waals surface area contributed by atoms with Gasteiger partial charge in [-0.2, -0.15) is 0 Å². The Morgan fingerprint density at radius 3 is 3.00 bits per heavy atom. The molecule has 2 N–H and O–H groups in total. The van der Waals surface area contributed by atoms with Crippen LogP contribution in [0.1, 0.15) is 25.0 Å². The van der Waals surface area contributed by atoms with Crippen LogP contribution in [0.2, 0.25) is 0 Å². The highest BCUT2D eigenvalue weighted by Crippen LogP contribution is 2.22. The Labute approximate surface area is 88.7 Å². The molecular weight excluding hydrogens is 192 g/mol. The van der Waals surface area contributed by atoms with Gasteiger partial charge in [0.25, 0.3) is 5.90 Å². The van der Waals surface area contributed by atoms with Gasteiger partial charge in [-0.25, -0.2) is 0 Å². The fraction of sp³-hybridized carbons (Fsp3) is 0.364. The molecule has 0 bridgehead atoms. The molecular formula is C11H14N2O2. The summed E-state index contributed by atoms with van der Waals surface area (Å²) >= 11 is 0. The molecule has 1 aliphatic rings. The van der Waals surface area contributed by atoms with Gasteiger partial charge in [-0.1, -0.05) is 0 Å². The minimum atomic E-state index is 0.0546. The Morgan fingerprint density at radius 2 is 2.27 bits per heavy atom. The Morgan fingerprint density at radius 1 is 1.47 bits per heavy atom. The average molecular weight is 206 g/mol. The first-order valence-electron chi connectivity index (χ1n) is 4.92. The number of hydrogen-bond donors (Lipinski definition) is 1. The highest BCUT2D eigenvalue weighted by molar-refractivity contribution is 5.97. The highest BCUT2D eigenvalue weighted by atomic mass is 16.7. The lowest BCUT2D eigenvalue weighted by atomic mass is 10.1. The molecule has 1 aromatic rings. The number of nitrogens with two attached hydrogens (primary N) is 1. The van der Waals surface area contributed by atoms with Gasteiger partial charge >= 0.3 is 0 Å². The molecule has 15 heavy (non-hydrogen) atoms. The molecule has 0 atom stereocenters. The Bertz CT molecular complexity index is 400. The molecule has 1 aliphatic heterocycles. The zero-order chi connectivity index (χ0) is 10.8. The van der Waals surface area contributed by atoms with Crippen molar-refractivity contribution in [2.75, 3.05) is 5.73 Å². The lowest BCUT2D eigenvalue weighted by Gasteiger charge is -2.03. The maximum atomic E-state index is 5.67. The normalized spacial score (nSPS) is 16.6. The number of rotatable bonds is 2. The number of oxime groups is 1. The average Bonchev–Trinajstić information content (AvgIpc) is 2.57. The second-order valence-electron chi connectivity index (χ2n) is 3.76. The van der Waals surface area contributed by atoms with E-state index in [4.69, 9.17) is 15.3 Å². The molecule has 0 aromatic heterocycles. The van der Waals surface area contributed by atoms with Crippen molar-refractivity contribution in [3.05, 3.63) is 29.3 Å². The van der Waals surface area contributed by atoms with E-state index in [1.165, 1.54) is 0 Å². The summed E-state index contributed by atoms with van der Waals surface area (Å²) in [5, 5.41) is 3.95. The van der Waals surface area contributed by atoms with Crippen LogP contribution in [0, 0.1) is 0 Å². The topological polar surface area (TPSA) is 56.8 Å². The molecule has 80 valence electrons. The van der Waals surface area contributed by atoms with Crippen LogP contribution in [0.3, 0.4) is 0 Å². The van der Waals surface area contributed by atoms with Crippen LogP contribution in [0.25, 0.3) is 0 Å². The second kappa shape index (κ2) is 3.81. The van der Waals surface area contributed by atoms with E-state index in [0.717, 1.165) is 16.8 Å². The quantitative estimate of drug-likeness (QED) is 0.593. The molecule has 0 unspecified atom stereocenters. The summed E-state index contributed by atoms with van der Waals surface area (Å²) in [7, 11) is 0. The van der Waals surface area contributed by atoms with Gasteiger partial charge in [0.05, 0.1) is 0 Å². The molecule has 1 aromatic carbocycles. The summed E-state index contributed by atoms with van der Waals surface area (Å²) in [4.78, 5) is 5.14. The number of benzene rings is 1. The van der Waals surface area contributed by atoms with Crippen molar-refractivity contribution < 1.29 is 9.57 Å². The lowest BCUT2D eigenvalue weighted by molar-refractivity contribution is 0.0788. The summed E-state index contributed by atoms with van der Waals surface area (Å²) in [5.41, 5.74) is 8.43. The number of fused-ring (bicyclic) bond motifs is 1. The molecule has 0 saturated heterocycles. The van der Waals surface area contributed by atoms with Crippen LogP contribution in [0.5, 0.6) is 0 Å². The third kappa shape index (κ3) is 2.03. The SMILES string of the molecule is CC(C)O/N=C1\OCc2cc(N)ccc21. The van der Waals surface area contributed by atoms with E-state index in [1.54, 1.807) is 0 Å². The monoisotopic (exact) mass is 206 g/mol. The molecule has 4 heteroatoms. The summed E-state index contributed by atoms with van der Waals surface area (Å²) < 4.78 is 5.40. The molecule has 1 heterocycles. The number of ether oxygens (including phenoxy) is 1. The first-order valence-corrected chi connectivity index (χ1v) is 4.92. The molecule has 0 amide bonds. The van der Waals surface area contributed by atoms with E-state index < -0.39 is 0 Å². The van der Waals surface area contributed by atoms with Gasteiger partial charge in [0.2, 0.25) is 0 Å². The maximum Gasteiger partial charge on any atom is 0.258 e. The van der Waals surface area contributed by atoms with Crippen LogP contribution in [0.15, 0.2) is 23.4 Å². The lowest BCUT2D eigenvalue weighted by Crippen LogP contribution is -2.03. The third-order valence-corrected chi connectivity index (χ3v) is 2.07.